The van der Waals surface area contributed by atoms with Gasteiger partial charge in [0.1, 0.15) is 11.2 Å². The molecule has 0 aliphatic rings. The molecular weight excluding hydrogens is 1140 g/mol. The number of aromatic nitrogens is 4. The first-order chi connectivity index (χ1) is 37.4. The number of alkyl carbamates (subject to hydrolysis) is 2. The van der Waals surface area contributed by atoms with Crippen LogP contribution in [0.15, 0.2) is 119 Å². The molecule has 0 unspecified atom stereocenters. The summed E-state index contributed by atoms with van der Waals surface area (Å²) in [4.78, 5) is 44.9. The largest absolute Gasteiger partial charge is 0.457 e. The number of rotatable bonds is 14. The molecule has 0 spiro atoms. The molecule has 81 heavy (non-hydrogen) atoms. The van der Waals surface area contributed by atoms with Crippen molar-refractivity contribution in [3.8, 4) is 33.9 Å². The van der Waals surface area contributed by atoms with Gasteiger partial charge in [0.25, 0.3) is 10.0 Å². The third kappa shape index (κ3) is 19.8. The number of halogens is 7. The number of alkyl halides is 6. The number of methoxy groups -OCH3 is 2. The first-order valence-electron chi connectivity index (χ1n) is 23.9. The number of sulfonamides is 2. The molecule has 0 saturated carbocycles. The maximum absolute atomic E-state index is 13.6. The minimum Gasteiger partial charge on any atom is -0.457 e. The molecule has 6 aromatic rings. The molecule has 29 heteroatoms. The summed E-state index contributed by atoms with van der Waals surface area (Å²) in [5.74, 6) is 0. The Morgan fingerprint density at radius 1 is 0.568 bits per heavy atom. The minimum atomic E-state index is -4.71. The Hall–Kier alpha value is -7.69. The Balaban J connectivity index is 0.000000330. The molecule has 0 aliphatic carbocycles. The van der Waals surface area contributed by atoms with Gasteiger partial charge in [0.15, 0.2) is 11.4 Å². The van der Waals surface area contributed by atoms with Gasteiger partial charge in [-0.1, -0.05) is 59.7 Å². The van der Waals surface area contributed by atoms with Crippen LogP contribution in [0.5, 0.6) is 0 Å². The van der Waals surface area contributed by atoms with E-state index in [1.165, 1.54) is 50.6 Å². The van der Waals surface area contributed by atoms with Crippen molar-refractivity contribution in [2.75, 3.05) is 40.4 Å². The van der Waals surface area contributed by atoms with E-state index in [-0.39, 0.29) is 52.2 Å². The van der Waals surface area contributed by atoms with E-state index in [9.17, 15) is 62.4 Å². The zero-order valence-corrected chi connectivity index (χ0v) is 47.7. The summed E-state index contributed by atoms with van der Waals surface area (Å²) in [5, 5.41) is 12.2. The number of nitrogens with one attached hydrogen (secondary N) is 3. The summed E-state index contributed by atoms with van der Waals surface area (Å²) in [5.41, 5.74) is -1.15. The molecule has 0 saturated heterocycles. The van der Waals surface area contributed by atoms with Crippen LogP contribution in [0.3, 0.4) is 0 Å². The van der Waals surface area contributed by atoms with Gasteiger partial charge in [-0.2, -0.15) is 40.8 Å². The number of hydrogen-bond donors (Lipinski definition) is 3. The number of carbonyl (C=O) groups excluding carboxylic acids is 4. The zero-order chi connectivity index (χ0) is 60.9. The summed E-state index contributed by atoms with van der Waals surface area (Å²) in [7, 11) is -6.03. The van der Waals surface area contributed by atoms with Crippen molar-refractivity contribution in [2.24, 2.45) is 0 Å². The predicted molar refractivity (Wildman–Crippen MR) is 286 cm³/mol. The van der Waals surface area contributed by atoms with Crippen LogP contribution in [-0.4, -0.2) is 116 Å². The molecule has 0 radical (unpaired) electrons. The summed E-state index contributed by atoms with van der Waals surface area (Å²) in [6, 6.07) is 25.7. The number of nitrogens with zero attached hydrogens (tertiary/aromatic N) is 5. The monoisotopic (exact) mass is 1200 g/mol. The van der Waals surface area contributed by atoms with Crippen LogP contribution in [0.1, 0.15) is 64.1 Å². The van der Waals surface area contributed by atoms with E-state index in [2.05, 4.69) is 46.6 Å². The van der Waals surface area contributed by atoms with Gasteiger partial charge in [-0.05, 0) is 116 Å². The van der Waals surface area contributed by atoms with Gasteiger partial charge < -0.3 is 29.6 Å². The van der Waals surface area contributed by atoms with Crippen LogP contribution in [-0.2, 0) is 51.3 Å². The van der Waals surface area contributed by atoms with Crippen LogP contribution in [0.2, 0.25) is 0 Å². The molecule has 20 nitrogen and oxygen atoms in total. The number of hydrogen-bond acceptors (Lipinski definition) is 14. The van der Waals surface area contributed by atoms with Crippen molar-refractivity contribution in [3.05, 3.63) is 132 Å². The Bertz CT molecular complexity index is 3350. The Morgan fingerprint density at radius 2 is 0.963 bits per heavy atom. The first kappa shape index (κ1) is 65.8. The maximum atomic E-state index is 13.6. The third-order valence-corrected chi connectivity index (χ3v) is 13.8. The maximum Gasteiger partial charge on any atom is 0.435 e. The van der Waals surface area contributed by atoms with Crippen LogP contribution in [0.4, 0.5) is 45.5 Å². The van der Waals surface area contributed by atoms with E-state index in [0.717, 1.165) is 44.8 Å². The fourth-order valence-corrected chi connectivity index (χ4v) is 8.98. The van der Waals surface area contributed by atoms with Gasteiger partial charge in [0.05, 0.1) is 53.3 Å². The first-order valence-corrected chi connectivity index (χ1v) is 27.2. The quantitative estimate of drug-likeness (QED) is 0.0397. The number of carbonyl (C=O) groups is 4. The van der Waals surface area contributed by atoms with E-state index in [4.69, 9.17) is 9.47 Å². The molecule has 0 aliphatic heterocycles. The number of aryl methyl sites for hydroxylation is 2. The highest BCUT2D eigenvalue weighted by Gasteiger charge is 2.37. The van der Waals surface area contributed by atoms with Crippen molar-refractivity contribution in [2.45, 2.75) is 88.7 Å². The van der Waals surface area contributed by atoms with Crippen molar-refractivity contribution in [3.63, 3.8) is 0 Å². The molecule has 2 aromatic heterocycles. The van der Waals surface area contributed by atoms with Crippen molar-refractivity contribution >= 4 is 55.4 Å². The smallest absolute Gasteiger partial charge is 0.435 e. The van der Waals surface area contributed by atoms with E-state index in [1.807, 2.05) is 13.8 Å². The van der Waals surface area contributed by atoms with E-state index in [0.29, 0.717) is 15.4 Å². The molecule has 6 rings (SSSR count). The van der Waals surface area contributed by atoms with Crippen LogP contribution in [0, 0.1) is 13.8 Å². The Kier molecular flexibility index (Phi) is 22.1. The van der Waals surface area contributed by atoms with Crippen LogP contribution < -0.4 is 15.4 Å². The lowest BCUT2D eigenvalue weighted by Gasteiger charge is -2.27. The van der Waals surface area contributed by atoms with Gasteiger partial charge >= 0.3 is 36.1 Å². The van der Waals surface area contributed by atoms with Crippen LogP contribution in [0.25, 0.3) is 33.9 Å². The van der Waals surface area contributed by atoms with Gasteiger partial charge in [-0.15, -0.1) is 0 Å². The minimum absolute atomic E-state index is 0.0113. The van der Waals surface area contributed by atoms with Gasteiger partial charge in [0.2, 0.25) is 10.0 Å². The summed E-state index contributed by atoms with van der Waals surface area (Å²) >= 11 is 4.60. The van der Waals surface area contributed by atoms with Gasteiger partial charge in [-0.3, -0.25) is 0 Å². The second-order valence-corrected chi connectivity index (χ2v) is 23.1. The van der Waals surface area contributed by atoms with E-state index in [1.54, 1.807) is 90.1 Å². The Morgan fingerprint density at radius 3 is 1.33 bits per heavy atom. The second-order valence-electron chi connectivity index (χ2n) is 19.1. The van der Waals surface area contributed by atoms with Crippen molar-refractivity contribution in [1.29, 1.82) is 0 Å². The molecule has 0 atom stereocenters. The average molecular weight is 1200 g/mol. The molecule has 2 heterocycles. The van der Waals surface area contributed by atoms with Crippen molar-refractivity contribution in [1.82, 2.24) is 39.2 Å². The van der Waals surface area contributed by atoms with Crippen LogP contribution >= 0.6 is 11.6 Å². The highest BCUT2D eigenvalue weighted by atomic mass is 35.5. The van der Waals surface area contributed by atoms with E-state index >= 15 is 0 Å². The fraction of sp³-hybridized carbons (Fsp3) is 0.346. The molecular formula is C52H59ClF6N8O12S2. The summed E-state index contributed by atoms with van der Waals surface area (Å²) < 4.78 is 156. The average Bonchev–Trinajstić information content (AvgIpc) is 4.08. The molecule has 0 fully saturated rings. The highest BCUT2D eigenvalue weighted by Crippen LogP contribution is 2.35. The summed E-state index contributed by atoms with van der Waals surface area (Å²) in [6.45, 7) is 12.5. The standard InChI is InChI=1S/C29H35F3N4O6S.C21H21F3N4O4S.C2H3ClO2/c1-19-8-10-20(11-9-19)23-18-24(29(30,31)32)34-36(23)21-12-14-22(15-13-21)43(39,40)35(26(38)42-28(5,6)7)17-16-33-25(37)41-27(2,3)4;1-14-3-5-15(6-4-14)18-13-19(21(22,23)24)27-28(18)16-7-9-17(10-8-16)33(30,31)26-12-11-25-20(29)32-2;1-5-2(3)4/h8-15,18H,16-17H2,1-7H3,(H,33,37);3-10,13,26H,11-12H2,1-2H3,(H,25,29);1H3. The number of amides is 3. The van der Waals surface area contributed by atoms with Crippen molar-refractivity contribution < 1.29 is 81.3 Å². The van der Waals surface area contributed by atoms with E-state index < -0.39 is 85.2 Å². The molecule has 4 aromatic carbocycles. The second kappa shape index (κ2) is 27.2. The highest BCUT2D eigenvalue weighted by molar-refractivity contribution is 7.89. The predicted octanol–water partition coefficient (Wildman–Crippen LogP) is 10.8. The molecule has 440 valence electrons. The fourth-order valence-electron chi connectivity index (χ4n) is 6.65. The lowest BCUT2D eigenvalue weighted by molar-refractivity contribution is -0.142. The zero-order valence-electron chi connectivity index (χ0n) is 45.3. The van der Waals surface area contributed by atoms with Gasteiger partial charge in [-0.25, -0.2) is 50.1 Å². The normalized spacial score (nSPS) is 11.9. The third-order valence-electron chi connectivity index (χ3n) is 10.4. The lowest BCUT2D eigenvalue weighted by Crippen LogP contribution is -2.45. The Labute approximate surface area is 468 Å². The molecule has 0 bridgehead atoms. The molecule has 3 N–H and O–H groups in total. The van der Waals surface area contributed by atoms with Gasteiger partial charge in [0, 0.05) is 42.4 Å². The molecule has 3 amide bonds. The SMILES string of the molecule is COC(=O)Cl.COC(=O)NCCNS(=O)(=O)c1ccc(-n2nc(C(F)(F)F)cc2-c2ccc(C)cc2)cc1.Cc1ccc(-c2cc(C(F)(F)F)nn2-c2ccc(S(=O)(=O)N(CCNC(=O)OC(C)(C)C)C(=O)OC(C)(C)C)cc2)cc1. The number of ether oxygens (including phenoxy) is 4. The number of benzene rings is 4. The lowest BCUT2D eigenvalue weighted by atomic mass is 10.1. The summed E-state index contributed by atoms with van der Waals surface area (Å²) in [6.07, 6.45) is -12.0. The topological polar surface area (TPSA) is 248 Å².